The summed E-state index contributed by atoms with van der Waals surface area (Å²) < 4.78 is 31.6. The molecule has 12 nitrogen and oxygen atoms in total. The molecule has 0 amide bonds. The van der Waals surface area contributed by atoms with Crippen molar-refractivity contribution in [2.45, 2.75) is 98.8 Å². The summed E-state index contributed by atoms with van der Waals surface area (Å²) in [5.74, 6) is -3.16. The second-order valence-electron chi connectivity index (χ2n) is 11.0. The van der Waals surface area contributed by atoms with Crippen molar-refractivity contribution in [3.05, 3.63) is 23.8 Å². The molecule has 12 heteroatoms. The highest BCUT2D eigenvalue weighted by atomic mass is 16.8. The Bertz CT molecular complexity index is 1030. The number of nitrogens with two attached hydrogens (primary N) is 1. The van der Waals surface area contributed by atoms with E-state index in [0.29, 0.717) is 12.0 Å². The fourth-order valence-corrected chi connectivity index (χ4v) is 3.60. The van der Waals surface area contributed by atoms with Gasteiger partial charge in [-0.05, 0) is 55.7 Å². The normalized spacial score (nSPS) is 14.7. The average molecular weight is 598 g/mol. The van der Waals surface area contributed by atoms with Crippen LogP contribution in [0.2, 0.25) is 0 Å². The molecule has 42 heavy (non-hydrogen) atoms. The average Bonchev–Trinajstić information content (AvgIpc) is 2.90. The SMILES string of the molecule is CCCCCOC(=O)OCC(C)C(c1ccc(OC(=O)OC(C)C(C)C)c(OC(=O)OC(C)C(C)C)c1)[C@H](N)C(=O)O. The van der Waals surface area contributed by atoms with Gasteiger partial charge in [0, 0.05) is 5.92 Å². The maximum absolute atomic E-state index is 12.6. The van der Waals surface area contributed by atoms with Crippen molar-refractivity contribution in [1.29, 1.82) is 0 Å². The zero-order valence-electron chi connectivity index (χ0n) is 25.9. The molecule has 0 aromatic heterocycles. The second kappa shape index (κ2) is 18.1. The topological polar surface area (TPSA) is 170 Å². The standard InChI is InChI=1S/C30H47NO11/c1-9-10-11-14-37-28(34)38-16-19(6)25(26(31)27(32)33)22-12-13-23(41-29(35)39-20(7)17(2)3)24(15-22)42-30(36)40-21(8)18(4)5/h12-13,15,17-21,25-26H,9-11,14,16,31H2,1-8H3,(H,32,33)/t19?,20?,21?,25?,26-/m0/s1. The molecule has 0 fully saturated rings. The summed E-state index contributed by atoms with van der Waals surface area (Å²) >= 11 is 0. The van der Waals surface area contributed by atoms with Crippen LogP contribution < -0.4 is 15.2 Å². The number of carbonyl (C=O) groups is 4. The minimum Gasteiger partial charge on any atom is -0.480 e. The lowest BCUT2D eigenvalue weighted by molar-refractivity contribution is -0.139. The summed E-state index contributed by atoms with van der Waals surface area (Å²) in [6, 6.07) is 2.73. The fourth-order valence-electron chi connectivity index (χ4n) is 3.60. The molecule has 0 saturated heterocycles. The van der Waals surface area contributed by atoms with E-state index in [2.05, 4.69) is 0 Å². The molecule has 4 unspecified atom stereocenters. The predicted molar refractivity (Wildman–Crippen MR) is 154 cm³/mol. The highest BCUT2D eigenvalue weighted by molar-refractivity contribution is 5.75. The van der Waals surface area contributed by atoms with Gasteiger partial charge in [-0.3, -0.25) is 4.79 Å². The van der Waals surface area contributed by atoms with Gasteiger partial charge in [0.15, 0.2) is 11.5 Å². The Kier molecular flexibility index (Phi) is 15.7. The first kappa shape index (κ1) is 36.5. The van der Waals surface area contributed by atoms with Crippen LogP contribution in [0.1, 0.15) is 86.1 Å². The van der Waals surface area contributed by atoms with Gasteiger partial charge in [-0.2, -0.15) is 0 Å². The first-order valence-corrected chi connectivity index (χ1v) is 14.4. The Morgan fingerprint density at radius 1 is 0.786 bits per heavy atom. The number of rotatable bonds is 16. The van der Waals surface area contributed by atoms with Crippen LogP contribution in [0.4, 0.5) is 14.4 Å². The third-order valence-corrected chi connectivity index (χ3v) is 6.90. The van der Waals surface area contributed by atoms with Gasteiger partial charge in [-0.15, -0.1) is 0 Å². The van der Waals surface area contributed by atoms with Crippen LogP contribution in [0, 0.1) is 17.8 Å². The molecule has 0 spiro atoms. The Balaban J connectivity index is 3.30. The van der Waals surface area contributed by atoms with Crippen LogP contribution in [0.25, 0.3) is 0 Å². The Morgan fingerprint density at radius 3 is 1.83 bits per heavy atom. The lowest BCUT2D eigenvalue weighted by Gasteiger charge is -2.28. The van der Waals surface area contributed by atoms with Gasteiger partial charge in [-0.1, -0.05) is 60.5 Å². The predicted octanol–water partition coefficient (Wildman–Crippen LogP) is 6.28. The number of carboxylic acid groups (broad SMARTS) is 1. The van der Waals surface area contributed by atoms with E-state index in [4.69, 9.17) is 34.2 Å². The molecule has 0 heterocycles. The van der Waals surface area contributed by atoms with Gasteiger partial charge >= 0.3 is 24.4 Å². The number of hydrogen-bond acceptors (Lipinski definition) is 11. The highest BCUT2D eigenvalue weighted by Crippen LogP contribution is 2.36. The maximum Gasteiger partial charge on any atom is 0.514 e. The van der Waals surface area contributed by atoms with E-state index in [1.807, 2.05) is 34.6 Å². The van der Waals surface area contributed by atoms with Crippen LogP contribution in [-0.4, -0.2) is 61.0 Å². The van der Waals surface area contributed by atoms with Crippen molar-refractivity contribution in [3.8, 4) is 11.5 Å². The van der Waals surface area contributed by atoms with E-state index in [1.165, 1.54) is 18.2 Å². The molecule has 1 rings (SSSR count). The molecule has 0 saturated carbocycles. The van der Waals surface area contributed by atoms with Gasteiger partial charge in [0.25, 0.3) is 0 Å². The van der Waals surface area contributed by atoms with E-state index in [1.54, 1.807) is 20.8 Å². The molecule has 0 aliphatic rings. The van der Waals surface area contributed by atoms with Gasteiger partial charge in [0.1, 0.15) is 18.2 Å². The molecule has 3 N–H and O–H groups in total. The number of benzene rings is 1. The van der Waals surface area contributed by atoms with Gasteiger partial charge in [-0.25, -0.2) is 14.4 Å². The molecule has 1 aromatic carbocycles. The third-order valence-electron chi connectivity index (χ3n) is 6.90. The van der Waals surface area contributed by atoms with Gasteiger partial charge in [0.05, 0.1) is 13.2 Å². The molecule has 1 aromatic rings. The van der Waals surface area contributed by atoms with Crippen molar-refractivity contribution in [3.63, 3.8) is 0 Å². The summed E-state index contributed by atoms with van der Waals surface area (Å²) in [5, 5.41) is 9.73. The molecule has 0 radical (unpaired) electrons. The monoisotopic (exact) mass is 597 g/mol. The number of unbranched alkanes of at least 4 members (excludes halogenated alkanes) is 2. The summed E-state index contributed by atoms with van der Waals surface area (Å²) in [6.45, 7) is 14.6. The molecule has 5 atom stereocenters. The highest BCUT2D eigenvalue weighted by Gasteiger charge is 2.33. The number of aliphatic carboxylic acids is 1. The van der Waals surface area contributed by atoms with Crippen LogP contribution in [-0.2, 0) is 23.7 Å². The number of carbonyl (C=O) groups excluding carboxylic acids is 3. The Labute approximate surface area is 248 Å². The maximum atomic E-state index is 12.6. The Hall–Kier alpha value is -3.54. The van der Waals surface area contributed by atoms with E-state index in [9.17, 15) is 24.3 Å². The summed E-state index contributed by atoms with van der Waals surface area (Å²) in [5.41, 5.74) is 6.38. The smallest absolute Gasteiger partial charge is 0.480 e. The van der Waals surface area contributed by atoms with Crippen LogP contribution >= 0.6 is 0 Å². The summed E-state index contributed by atoms with van der Waals surface area (Å²) in [7, 11) is 0. The van der Waals surface area contributed by atoms with E-state index >= 15 is 0 Å². The van der Waals surface area contributed by atoms with Crippen molar-refractivity contribution < 1.29 is 52.7 Å². The summed E-state index contributed by atoms with van der Waals surface area (Å²) in [4.78, 5) is 49.0. The van der Waals surface area contributed by atoms with Crippen molar-refractivity contribution in [1.82, 2.24) is 0 Å². The lowest BCUT2D eigenvalue weighted by atomic mass is 9.82. The van der Waals surface area contributed by atoms with Crippen LogP contribution in [0.15, 0.2) is 18.2 Å². The van der Waals surface area contributed by atoms with Gasteiger partial charge < -0.3 is 39.3 Å². The quantitative estimate of drug-likeness (QED) is 0.0947. The fraction of sp³-hybridized carbons (Fsp3) is 0.667. The molecule has 0 bridgehead atoms. The largest absolute Gasteiger partial charge is 0.514 e. The Morgan fingerprint density at radius 2 is 1.33 bits per heavy atom. The van der Waals surface area contributed by atoms with E-state index in [0.717, 1.165) is 12.8 Å². The van der Waals surface area contributed by atoms with Crippen molar-refractivity contribution >= 4 is 24.4 Å². The van der Waals surface area contributed by atoms with Crippen molar-refractivity contribution in [2.24, 2.45) is 23.5 Å². The zero-order valence-corrected chi connectivity index (χ0v) is 25.9. The molecule has 238 valence electrons. The molecule has 0 aliphatic carbocycles. The zero-order chi connectivity index (χ0) is 32.0. The molecule has 0 aliphatic heterocycles. The molecular formula is C30H47NO11. The van der Waals surface area contributed by atoms with E-state index in [-0.39, 0.29) is 36.5 Å². The third kappa shape index (κ3) is 12.5. The first-order valence-electron chi connectivity index (χ1n) is 14.4. The first-order chi connectivity index (χ1) is 19.7. The lowest BCUT2D eigenvalue weighted by Crippen LogP contribution is -2.40. The minimum atomic E-state index is -1.42. The summed E-state index contributed by atoms with van der Waals surface area (Å²) in [6.07, 6.45) is -1.30. The molecular weight excluding hydrogens is 550 g/mol. The number of hydrogen-bond donors (Lipinski definition) is 2. The van der Waals surface area contributed by atoms with E-state index < -0.39 is 54.5 Å². The number of carboxylic acids is 1. The van der Waals surface area contributed by atoms with Crippen molar-refractivity contribution in [2.75, 3.05) is 13.2 Å². The van der Waals surface area contributed by atoms with Gasteiger partial charge in [0.2, 0.25) is 0 Å². The minimum absolute atomic E-state index is 0.00392. The van der Waals surface area contributed by atoms with Crippen LogP contribution in [0.5, 0.6) is 11.5 Å². The van der Waals surface area contributed by atoms with Crippen LogP contribution in [0.3, 0.4) is 0 Å². The second-order valence-corrected chi connectivity index (χ2v) is 11.0. The number of ether oxygens (including phenoxy) is 6.